The average molecular weight is 943 g/mol. The summed E-state index contributed by atoms with van der Waals surface area (Å²) in [5, 5.41) is 27.3. The van der Waals surface area contributed by atoms with E-state index >= 15 is 4.39 Å². The average Bonchev–Trinajstić information content (AvgIpc) is 3.33. The van der Waals surface area contributed by atoms with Crippen LogP contribution in [0.15, 0.2) is 53.6 Å². The first-order valence-corrected chi connectivity index (χ1v) is 24.6. The van der Waals surface area contributed by atoms with Gasteiger partial charge in [-0.25, -0.2) is 9.18 Å². The number of fused-ring (bicyclic) bond motifs is 3. The molecule has 1 aliphatic carbocycles. The maximum Gasteiger partial charge on any atom is 0.329 e. The minimum Gasteiger partial charge on any atom is -0.456 e. The maximum atomic E-state index is 16.3. The molecule has 0 radical (unpaired) electrons. The number of aliphatic hydroxyl groups excluding tert-OH is 1. The number of cyclic esters (lactones) is 1. The summed E-state index contributed by atoms with van der Waals surface area (Å²) in [6, 6.07) is 8.98. The van der Waals surface area contributed by atoms with Crippen molar-refractivity contribution in [3.05, 3.63) is 59.2 Å². The molecule has 2 bridgehead atoms. The summed E-state index contributed by atoms with van der Waals surface area (Å²) in [4.78, 5) is 58.3. The van der Waals surface area contributed by atoms with Gasteiger partial charge in [-0.05, 0) is 100 Å². The summed E-state index contributed by atoms with van der Waals surface area (Å²) < 4.78 is 52.7. The highest BCUT2D eigenvalue weighted by Gasteiger charge is 2.57. The first-order chi connectivity index (χ1) is 32.0. The van der Waals surface area contributed by atoms with Crippen LogP contribution < -0.4 is 5.32 Å². The largest absolute Gasteiger partial charge is 0.456 e. The second-order valence-electron chi connectivity index (χ2n) is 19.6. The zero-order valence-electron chi connectivity index (χ0n) is 41.3. The summed E-state index contributed by atoms with van der Waals surface area (Å²) in [6.45, 7) is 12.3. The Morgan fingerprint density at radius 2 is 1.63 bits per heavy atom. The number of hydrogen-bond donors (Lipinski definition) is 3. The Balaban J connectivity index is 1.43. The fraction of sp³-hybridized carbons (Fsp3) is 0.731. The van der Waals surface area contributed by atoms with Gasteiger partial charge in [0.15, 0.2) is 0 Å². The normalized spacial score (nSPS) is 37.8. The molecule has 15 unspecified atom stereocenters. The molecule has 15 atom stereocenters. The second-order valence-corrected chi connectivity index (χ2v) is 19.6. The van der Waals surface area contributed by atoms with Gasteiger partial charge in [-0.15, -0.1) is 0 Å². The lowest BCUT2D eigenvalue weighted by atomic mass is 9.81. The van der Waals surface area contributed by atoms with Crippen LogP contribution in [0.5, 0.6) is 0 Å². The van der Waals surface area contributed by atoms with Crippen LogP contribution in [0.25, 0.3) is 0 Å². The van der Waals surface area contributed by atoms with E-state index in [-0.39, 0.29) is 56.1 Å². The van der Waals surface area contributed by atoms with Crippen LogP contribution in [0.4, 0.5) is 4.39 Å². The van der Waals surface area contributed by atoms with E-state index in [4.69, 9.17) is 28.4 Å². The molecule has 376 valence electrons. The van der Waals surface area contributed by atoms with Gasteiger partial charge in [0.05, 0.1) is 37.1 Å². The number of carbonyl (C=O) groups is 4. The number of nitrogens with one attached hydrogen (secondary N) is 1. The Morgan fingerprint density at radius 1 is 0.940 bits per heavy atom. The number of amides is 1. The molecule has 1 saturated carbocycles. The van der Waals surface area contributed by atoms with E-state index in [0.29, 0.717) is 50.0 Å². The van der Waals surface area contributed by atoms with Crippen LogP contribution in [-0.4, -0.2) is 140 Å². The fourth-order valence-electron chi connectivity index (χ4n) is 10.6. The molecule has 3 N–H and O–H groups in total. The molecule has 3 aliphatic heterocycles. The highest BCUT2D eigenvalue weighted by Crippen LogP contribution is 2.40. The van der Waals surface area contributed by atoms with Crippen molar-refractivity contribution in [3.63, 3.8) is 0 Å². The standard InChI is InChI=1S/C52H79FN2O12/c1-10-38-25-31(2)46(53)32(3)26-44(63-8)48-45(64-9)27-34(5)52(61,67-48)49(58)50(59)55-22-15-14-18-39(55)51(60)66-47(35(6)40(56)29-41(38)57)33(4)24-37-19-20-42(43(28-37)62-7)65-23-21-54-30-36-16-12-11-13-17-36/h11-13,16-17,24-25,32,34-35,37-40,42-48,54,56,61H,10,14-15,18-23,26-30H2,1-9H3/b31-25+,33-24?. The minimum absolute atomic E-state index is 0.00675. The van der Waals surface area contributed by atoms with Crippen molar-refractivity contribution in [2.24, 2.45) is 29.6 Å². The Bertz CT molecular complexity index is 1850. The van der Waals surface area contributed by atoms with E-state index in [1.165, 1.54) is 19.8 Å². The zero-order chi connectivity index (χ0) is 49.0. The predicted molar refractivity (Wildman–Crippen MR) is 250 cm³/mol. The van der Waals surface area contributed by atoms with Crippen molar-refractivity contribution in [2.75, 3.05) is 41.0 Å². The predicted octanol–water partition coefficient (Wildman–Crippen LogP) is 6.24. The SMILES string of the molecule is CCC1/C=C(\C)C(F)C(C)CC(OC)C2OC(O)(C(=O)C(=O)N3CCCCC3C(=O)OC(C(C)=CC3CCC(OCCNCc4ccccc4)C(OC)C3)C(C)C(O)CC1=O)C(C)CC2OC. The molecule has 1 aromatic carbocycles. The van der Waals surface area contributed by atoms with E-state index < -0.39 is 89.9 Å². The van der Waals surface area contributed by atoms with Crippen molar-refractivity contribution in [3.8, 4) is 0 Å². The van der Waals surface area contributed by atoms with Crippen LogP contribution in [0.1, 0.15) is 111 Å². The van der Waals surface area contributed by atoms with Crippen molar-refractivity contribution in [1.82, 2.24) is 10.2 Å². The lowest BCUT2D eigenvalue weighted by Gasteiger charge is -2.47. The van der Waals surface area contributed by atoms with Crippen molar-refractivity contribution >= 4 is 23.4 Å². The van der Waals surface area contributed by atoms with Crippen LogP contribution in [0, 0.1) is 29.6 Å². The molecule has 2 saturated heterocycles. The number of carbonyl (C=O) groups excluding carboxylic acids is 4. The van der Waals surface area contributed by atoms with Gasteiger partial charge in [-0.2, -0.15) is 0 Å². The lowest BCUT2D eigenvalue weighted by Crippen LogP contribution is -2.64. The zero-order valence-corrected chi connectivity index (χ0v) is 41.3. The van der Waals surface area contributed by atoms with Gasteiger partial charge in [0.1, 0.15) is 30.2 Å². The van der Waals surface area contributed by atoms with Gasteiger partial charge < -0.3 is 48.9 Å². The first kappa shape index (κ1) is 54.5. The third-order valence-electron chi connectivity index (χ3n) is 14.9. The molecule has 3 fully saturated rings. The Hall–Kier alpha value is -3.41. The third-order valence-corrected chi connectivity index (χ3v) is 14.9. The summed E-state index contributed by atoms with van der Waals surface area (Å²) >= 11 is 0. The Morgan fingerprint density at radius 3 is 2.30 bits per heavy atom. The number of Topliss-reactive ketones (excluding diaryl/α,β-unsaturated/α-hetero) is 2. The minimum atomic E-state index is -2.61. The van der Waals surface area contributed by atoms with Gasteiger partial charge in [0.2, 0.25) is 5.79 Å². The number of rotatable bonds is 12. The molecular weight excluding hydrogens is 864 g/mol. The number of methoxy groups -OCH3 is 3. The summed E-state index contributed by atoms with van der Waals surface area (Å²) in [5.41, 5.74) is 2.19. The van der Waals surface area contributed by atoms with E-state index in [1.54, 1.807) is 40.9 Å². The number of piperidine rings is 1. The van der Waals surface area contributed by atoms with Crippen LogP contribution >= 0.6 is 0 Å². The first-order valence-electron chi connectivity index (χ1n) is 24.6. The number of nitrogens with zero attached hydrogens (tertiary/aromatic N) is 1. The van der Waals surface area contributed by atoms with Crippen LogP contribution in [0.3, 0.4) is 0 Å². The molecule has 15 heteroatoms. The molecule has 4 aliphatic rings. The smallest absolute Gasteiger partial charge is 0.329 e. The monoisotopic (exact) mass is 943 g/mol. The van der Waals surface area contributed by atoms with Gasteiger partial charge in [0, 0.05) is 65.1 Å². The van der Waals surface area contributed by atoms with E-state index in [1.807, 2.05) is 38.1 Å². The fourth-order valence-corrected chi connectivity index (χ4v) is 10.6. The number of esters is 1. The molecule has 67 heavy (non-hydrogen) atoms. The maximum absolute atomic E-state index is 16.3. The van der Waals surface area contributed by atoms with Gasteiger partial charge >= 0.3 is 5.97 Å². The molecule has 0 spiro atoms. The summed E-state index contributed by atoms with van der Waals surface area (Å²) in [7, 11) is 4.56. The number of halogens is 1. The number of aliphatic hydroxyl groups is 2. The number of hydrogen-bond acceptors (Lipinski definition) is 13. The van der Waals surface area contributed by atoms with E-state index in [0.717, 1.165) is 24.3 Å². The second kappa shape index (κ2) is 25.4. The summed E-state index contributed by atoms with van der Waals surface area (Å²) in [5.74, 6) is -9.02. The Labute approximate surface area is 397 Å². The van der Waals surface area contributed by atoms with Crippen molar-refractivity contribution in [1.29, 1.82) is 0 Å². The number of allylic oxidation sites excluding steroid dienone is 3. The van der Waals surface area contributed by atoms with Crippen molar-refractivity contribution < 1.29 is 62.2 Å². The number of benzene rings is 1. The molecule has 0 aromatic heterocycles. The van der Waals surface area contributed by atoms with Gasteiger partial charge in [-0.1, -0.05) is 70.2 Å². The summed E-state index contributed by atoms with van der Waals surface area (Å²) in [6.07, 6.45) is 0.674. The molecular formula is C52H79FN2O12. The molecule has 1 aromatic rings. The molecule has 3 heterocycles. The highest BCUT2D eigenvalue weighted by molar-refractivity contribution is 6.39. The number of ketones is 2. The molecule has 1 amide bonds. The van der Waals surface area contributed by atoms with Gasteiger partial charge in [0.25, 0.3) is 11.7 Å². The molecule has 14 nitrogen and oxygen atoms in total. The van der Waals surface area contributed by atoms with E-state index in [9.17, 15) is 29.4 Å². The van der Waals surface area contributed by atoms with Crippen LogP contribution in [-0.2, 0) is 54.1 Å². The number of ether oxygens (including phenoxy) is 6. The number of alkyl halides is 1. The quantitative estimate of drug-likeness (QED) is 0.0930. The van der Waals surface area contributed by atoms with Gasteiger partial charge in [-0.3, -0.25) is 14.4 Å². The van der Waals surface area contributed by atoms with E-state index in [2.05, 4.69) is 17.4 Å². The third kappa shape index (κ3) is 13.7. The Kier molecular flexibility index (Phi) is 20.7. The topological polar surface area (TPSA) is 179 Å². The lowest BCUT2D eigenvalue weighted by molar-refractivity contribution is -0.302. The van der Waals surface area contributed by atoms with Crippen LogP contribution in [0.2, 0.25) is 0 Å². The van der Waals surface area contributed by atoms with Crippen molar-refractivity contribution in [2.45, 2.75) is 173 Å². The molecule has 5 rings (SSSR count). The highest BCUT2D eigenvalue weighted by atomic mass is 19.1.